The monoisotopic (exact) mass is 129 g/mol. The van der Waals surface area contributed by atoms with Crippen LogP contribution in [0.15, 0.2) is 18.1 Å². The Bertz CT molecular complexity index is 436. The topological polar surface area (TPSA) is 0 Å². The standard InChI is InChI=1S/C9H12/c1-7-5-4-6-8(2)9(7)3/h4-6H,1-3H3/i1D3,3D3,4D,5D,6D. The Morgan fingerprint density at radius 1 is 1.33 bits per heavy atom. The lowest BCUT2D eigenvalue weighted by Crippen LogP contribution is -1.82. The van der Waals surface area contributed by atoms with Crippen LogP contribution in [0, 0.1) is 20.6 Å². The molecule has 0 saturated carbocycles. The molecule has 0 heteroatoms. The van der Waals surface area contributed by atoms with Gasteiger partial charge in [0.05, 0.1) is 4.11 Å². The molecule has 0 bridgehead atoms. The number of benzene rings is 1. The van der Waals surface area contributed by atoms with Crippen LogP contribution in [0.4, 0.5) is 0 Å². The number of rotatable bonds is 0. The van der Waals surface area contributed by atoms with Crippen LogP contribution in [0.1, 0.15) is 29.0 Å². The molecule has 0 radical (unpaired) electrons. The van der Waals surface area contributed by atoms with Crippen LogP contribution in [0.2, 0.25) is 0 Å². The maximum Gasteiger partial charge on any atom is 0.0626 e. The van der Waals surface area contributed by atoms with Gasteiger partial charge in [-0.25, -0.2) is 0 Å². The van der Waals surface area contributed by atoms with Crippen LogP contribution in [-0.2, 0) is 0 Å². The Labute approximate surface area is 69.2 Å². The SMILES string of the molecule is [2H]c1c([2H])c(C)c(C([2H])([2H])[2H])c(C([2H])([2H])[2H])c1[2H]. The Morgan fingerprint density at radius 2 is 2.11 bits per heavy atom. The van der Waals surface area contributed by atoms with Crippen molar-refractivity contribution in [2.24, 2.45) is 0 Å². The minimum absolute atomic E-state index is 0.0814. The molecular weight excluding hydrogens is 108 g/mol. The van der Waals surface area contributed by atoms with Crippen molar-refractivity contribution < 1.29 is 12.3 Å². The summed E-state index contributed by atoms with van der Waals surface area (Å²) in [7, 11) is 0. The van der Waals surface area contributed by atoms with Gasteiger partial charge in [0.2, 0.25) is 0 Å². The van der Waals surface area contributed by atoms with E-state index in [9.17, 15) is 0 Å². The van der Waals surface area contributed by atoms with Crippen molar-refractivity contribution in [3.63, 3.8) is 0 Å². The molecule has 0 aliphatic rings. The summed E-state index contributed by atoms with van der Waals surface area (Å²) >= 11 is 0. The van der Waals surface area contributed by atoms with Crippen molar-refractivity contribution >= 4 is 0 Å². The van der Waals surface area contributed by atoms with Gasteiger partial charge in [-0.2, -0.15) is 0 Å². The maximum atomic E-state index is 7.59. The molecule has 0 aliphatic carbocycles. The Hall–Kier alpha value is -0.780. The maximum absolute atomic E-state index is 7.59. The lowest BCUT2D eigenvalue weighted by atomic mass is 10.1. The largest absolute Gasteiger partial charge is 0.0626 e. The third-order valence-corrected chi connectivity index (χ3v) is 1.06. The van der Waals surface area contributed by atoms with Gasteiger partial charge in [-0.05, 0) is 37.3 Å². The summed E-state index contributed by atoms with van der Waals surface area (Å²) in [5, 5.41) is 0. The molecule has 0 aromatic heterocycles. The second-order valence-electron chi connectivity index (χ2n) is 1.75. The molecule has 1 aromatic rings. The van der Waals surface area contributed by atoms with Gasteiger partial charge in [0.25, 0.3) is 0 Å². The lowest BCUT2D eigenvalue weighted by Gasteiger charge is -2.00. The van der Waals surface area contributed by atoms with Gasteiger partial charge in [-0.15, -0.1) is 0 Å². The van der Waals surface area contributed by atoms with E-state index in [0.717, 1.165) is 0 Å². The summed E-state index contributed by atoms with van der Waals surface area (Å²) in [4.78, 5) is 0. The minimum atomic E-state index is -2.80. The molecule has 0 spiro atoms. The summed E-state index contributed by atoms with van der Waals surface area (Å²) in [6.07, 6.45) is 0. The van der Waals surface area contributed by atoms with Crippen molar-refractivity contribution in [1.82, 2.24) is 0 Å². The highest BCUT2D eigenvalue weighted by atomic mass is 14.0. The molecule has 0 aliphatic heterocycles. The fourth-order valence-corrected chi connectivity index (χ4v) is 0.500. The Kier molecular flexibility index (Phi) is 0.356. The van der Waals surface area contributed by atoms with Crippen molar-refractivity contribution in [2.75, 3.05) is 0 Å². The molecule has 0 unspecified atom stereocenters. The summed E-state index contributed by atoms with van der Waals surface area (Å²) in [6, 6.07) is -1.69. The van der Waals surface area contributed by atoms with Crippen LogP contribution < -0.4 is 0 Å². The van der Waals surface area contributed by atoms with E-state index in [0.29, 0.717) is 0 Å². The molecule has 0 saturated heterocycles. The highest BCUT2D eigenvalue weighted by molar-refractivity contribution is 5.31. The summed E-state index contributed by atoms with van der Waals surface area (Å²) < 4.78 is 66.7. The van der Waals surface area contributed by atoms with Crippen molar-refractivity contribution in [2.45, 2.75) is 20.6 Å². The first-order valence-electron chi connectivity index (χ1n) is 7.00. The predicted molar refractivity (Wildman–Crippen MR) is 40.7 cm³/mol. The van der Waals surface area contributed by atoms with Gasteiger partial charge in [0.15, 0.2) is 0 Å². The first-order chi connectivity index (χ1) is 7.89. The zero-order valence-electron chi connectivity index (χ0n) is 14.0. The van der Waals surface area contributed by atoms with Gasteiger partial charge < -0.3 is 0 Å². The second-order valence-corrected chi connectivity index (χ2v) is 1.75. The van der Waals surface area contributed by atoms with Crippen LogP contribution in [0.3, 0.4) is 0 Å². The molecule has 1 rings (SSSR count). The van der Waals surface area contributed by atoms with Gasteiger partial charge in [-0.3, -0.25) is 0 Å². The van der Waals surface area contributed by atoms with Crippen LogP contribution in [0.25, 0.3) is 0 Å². The Balaban J connectivity index is 3.89. The van der Waals surface area contributed by atoms with Crippen LogP contribution >= 0.6 is 0 Å². The van der Waals surface area contributed by atoms with E-state index in [1.54, 1.807) is 0 Å². The number of hydrogen-bond donors (Lipinski definition) is 0. The summed E-state index contributed by atoms with van der Waals surface area (Å²) in [6.45, 7) is -4.24. The zero-order chi connectivity index (χ0) is 14.5. The molecule has 0 fully saturated rings. The van der Waals surface area contributed by atoms with Gasteiger partial charge in [-0.1, -0.05) is 18.1 Å². The smallest absolute Gasteiger partial charge is 0.0617 e. The van der Waals surface area contributed by atoms with Crippen LogP contribution in [-0.4, -0.2) is 0 Å². The third kappa shape index (κ3) is 1.13. The highest BCUT2D eigenvalue weighted by Gasteiger charge is 1.91. The highest BCUT2D eigenvalue weighted by Crippen LogP contribution is 2.09. The molecule has 48 valence electrons. The van der Waals surface area contributed by atoms with E-state index in [1.807, 2.05) is 0 Å². The molecule has 0 N–H and O–H groups in total. The van der Waals surface area contributed by atoms with Crippen LogP contribution in [0.5, 0.6) is 0 Å². The van der Waals surface area contributed by atoms with Crippen molar-refractivity contribution in [3.05, 3.63) is 34.8 Å². The minimum Gasteiger partial charge on any atom is -0.0617 e. The van der Waals surface area contributed by atoms with Crippen molar-refractivity contribution in [3.8, 4) is 0 Å². The second kappa shape index (κ2) is 2.22. The first-order valence-corrected chi connectivity index (χ1v) is 2.50. The zero-order valence-corrected chi connectivity index (χ0v) is 5.00. The summed E-state index contributed by atoms with van der Waals surface area (Å²) in [5.41, 5.74) is -1.24. The normalized spacial score (nSPS) is 27.0. The van der Waals surface area contributed by atoms with E-state index >= 15 is 0 Å². The van der Waals surface area contributed by atoms with E-state index in [2.05, 4.69) is 0 Å². The first kappa shape index (κ1) is 1.45. The van der Waals surface area contributed by atoms with Gasteiger partial charge >= 0.3 is 0 Å². The fraction of sp³-hybridized carbons (Fsp3) is 0.333. The molecule has 0 amide bonds. The van der Waals surface area contributed by atoms with Crippen molar-refractivity contribution in [1.29, 1.82) is 0 Å². The molecule has 0 nitrogen and oxygen atoms in total. The third-order valence-electron chi connectivity index (χ3n) is 1.06. The van der Waals surface area contributed by atoms with Gasteiger partial charge in [0.1, 0.15) is 0 Å². The molecule has 9 heavy (non-hydrogen) atoms. The molecule has 1 aromatic carbocycles. The predicted octanol–water partition coefficient (Wildman–Crippen LogP) is 2.61. The molecule has 0 atom stereocenters. The molecular formula is C9H12. The number of hydrogen-bond acceptors (Lipinski definition) is 0. The summed E-state index contributed by atoms with van der Waals surface area (Å²) in [5.74, 6) is 0. The van der Waals surface area contributed by atoms with E-state index in [1.165, 1.54) is 6.92 Å². The lowest BCUT2D eigenvalue weighted by molar-refractivity contribution is 1.27. The van der Waals surface area contributed by atoms with E-state index < -0.39 is 43.0 Å². The van der Waals surface area contributed by atoms with E-state index in [-0.39, 0.29) is 5.56 Å². The van der Waals surface area contributed by atoms with Gasteiger partial charge in [0, 0.05) is 8.22 Å². The molecule has 0 heterocycles. The van der Waals surface area contributed by atoms with E-state index in [4.69, 9.17) is 12.3 Å². The average Bonchev–Trinajstić information content (AvgIpc) is 2.16. The Morgan fingerprint density at radius 3 is 2.78 bits per heavy atom. The quantitative estimate of drug-likeness (QED) is 0.505. The fourth-order valence-electron chi connectivity index (χ4n) is 0.500. The average molecular weight is 129 g/mol.